The number of nitrogens with one attached hydrogen (secondary N) is 4. The van der Waals surface area contributed by atoms with Gasteiger partial charge in [-0.1, -0.05) is 0 Å². The van der Waals surface area contributed by atoms with E-state index in [2.05, 4.69) is 21.3 Å². The van der Waals surface area contributed by atoms with Crippen LogP contribution in [0.4, 0.5) is 0 Å². The van der Waals surface area contributed by atoms with E-state index in [-0.39, 0.29) is 102 Å². The monoisotopic (exact) mass is 606 g/mol. The number of carboxylic acids is 1. The van der Waals surface area contributed by atoms with Gasteiger partial charge in [-0.25, -0.2) is 4.79 Å². The molecule has 0 radical (unpaired) electrons. The van der Waals surface area contributed by atoms with E-state index < -0.39 is 17.9 Å². The van der Waals surface area contributed by atoms with Crippen molar-refractivity contribution in [2.45, 2.75) is 32.7 Å². The lowest BCUT2D eigenvalue weighted by Gasteiger charge is -2.28. The summed E-state index contributed by atoms with van der Waals surface area (Å²) in [5.74, 6) is -2.52. The number of Topliss-reactive ketones (excluding diaryl/α,β-unsaturated/α-hetero) is 1. The molecule has 0 aromatic carbocycles. The van der Waals surface area contributed by atoms with E-state index >= 15 is 0 Å². The number of aliphatic carboxylic acids is 1. The second kappa shape index (κ2) is 23.4. The number of quaternary nitrogens is 1. The van der Waals surface area contributed by atoms with E-state index in [4.69, 9.17) is 24.1 Å². The third-order valence-corrected chi connectivity index (χ3v) is 5.37. The summed E-state index contributed by atoms with van der Waals surface area (Å²) in [6.07, 6.45) is -0.0838. The molecule has 0 aliphatic carbocycles. The van der Waals surface area contributed by atoms with Gasteiger partial charge in [0.2, 0.25) is 23.6 Å². The molecule has 5 N–H and O–H groups in total. The molecule has 0 spiro atoms. The Hall–Kier alpha value is -3.18. The topological polar surface area (TPSA) is 208 Å². The van der Waals surface area contributed by atoms with Crippen LogP contribution in [-0.2, 0) is 47.7 Å². The molecule has 42 heavy (non-hydrogen) atoms. The number of hydrogen-bond acceptors (Lipinski definition) is 10. The Morgan fingerprint density at radius 2 is 1.17 bits per heavy atom. The Balaban J connectivity index is 3.57. The van der Waals surface area contributed by atoms with Crippen LogP contribution in [0.5, 0.6) is 0 Å². The van der Waals surface area contributed by atoms with E-state index in [0.29, 0.717) is 24.1 Å². The fourth-order valence-electron chi connectivity index (χ4n) is 3.44. The van der Waals surface area contributed by atoms with Gasteiger partial charge in [-0.15, -0.1) is 0 Å². The van der Waals surface area contributed by atoms with Gasteiger partial charge in [0.05, 0.1) is 66.8 Å². The van der Waals surface area contributed by atoms with Crippen molar-refractivity contribution in [3.8, 4) is 0 Å². The predicted molar refractivity (Wildman–Crippen MR) is 149 cm³/mol. The average molecular weight is 607 g/mol. The second-order valence-corrected chi connectivity index (χ2v) is 10.0. The maximum atomic E-state index is 11.8. The summed E-state index contributed by atoms with van der Waals surface area (Å²) in [5, 5.41) is 19.2. The third kappa shape index (κ3) is 24.6. The van der Waals surface area contributed by atoms with Crippen molar-refractivity contribution in [2.24, 2.45) is 0 Å². The largest absolute Gasteiger partial charge is 0.480 e. The van der Waals surface area contributed by atoms with Crippen LogP contribution >= 0.6 is 0 Å². The number of hydrogen-bond donors (Lipinski definition) is 5. The lowest BCUT2D eigenvalue weighted by Crippen LogP contribution is -2.48. The zero-order valence-corrected chi connectivity index (χ0v) is 25.2. The van der Waals surface area contributed by atoms with Crippen LogP contribution in [-0.4, -0.2) is 151 Å². The molecule has 0 aromatic rings. The van der Waals surface area contributed by atoms with Crippen LogP contribution in [0.25, 0.3) is 0 Å². The number of carbonyl (C=O) groups excluding carboxylic acids is 5. The van der Waals surface area contributed by atoms with E-state index in [1.165, 1.54) is 13.8 Å². The molecule has 0 rings (SSSR count). The predicted octanol–water partition coefficient (Wildman–Crippen LogP) is -2.56. The van der Waals surface area contributed by atoms with Crippen molar-refractivity contribution in [1.29, 1.82) is 0 Å². The van der Waals surface area contributed by atoms with Crippen LogP contribution in [0.2, 0.25) is 0 Å². The second-order valence-electron chi connectivity index (χ2n) is 10.0. The standard InChI is InChI=1S/C26H47N5O11/c1-20(32)17-31(3,4)10-7-27-24(35)18-41-15-14-40-12-9-29-25(36)19-42-16-13-39-11-8-28-23(34)6-5-22(26(37)38)30-21(2)33/h22H,5-19H2,1-4H3,(H4-,27,28,29,30,33,34,35,36,37,38)/p+1/t22-/m0/s1. The van der Waals surface area contributed by atoms with Gasteiger partial charge >= 0.3 is 5.97 Å². The van der Waals surface area contributed by atoms with E-state index in [9.17, 15) is 28.8 Å². The lowest BCUT2D eigenvalue weighted by molar-refractivity contribution is -0.881. The fraction of sp³-hybridized carbons (Fsp3) is 0.769. The first-order valence-electron chi connectivity index (χ1n) is 13.7. The molecule has 1 atom stereocenters. The molecule has 0 aliphatic heterocycles. The number of rotatable bonds is 26. The minimum atomic E-state index is -1.21. The first-order valence-corrected chi connectivity index (χ1v) is 13.7. The minimum Gasteiger partial charge on any atom is -0.480 e. The van der Waals surface area contributed by atoms with E-state index in [0.717, 1.165) is 0 Å². The highest BCUT2D eigenvalue weighted by Gasteiger charge is 2.19. The van der Waals surface area contributed by atoms with Gasteiger partial charge in [0, 0.05) is 33.4 Å². The minimum absolute atomic E-state index is 0.0251. The molecule has 4 amide bonds. The molecular formula is C26H48N5O11+. The molecule has 0 unspecified atom stereocenters. The van der Waals surface area contributed by atoms with Crippen molar-refractivity contribution in [3.05, 3.63) is 0 Å². The normalized spacial score (nSPS) is 11.8. The Kier molecular flexibility index (Phi) is 21.6. The van der Waals surface area contributed by atoms with Gasteiger partial charge in [-0.3, -0.25) is 24.0 Å². The van der Waals surface area contributed by atoms with Crippen LogP contribution < -0.4 is 21.3 Å². The molecule has 0 bridgehead atoms. The van der Waals surface area contributed by atoms with Gasteiger partial charge in [-0.2, -0.15) is 0 Å². The zero-order valence-electron chi connectivity index (χ0n) is 25.2. The highest BCUT2D eigenvalue weighted by Crippen LogP contribution is 1.98. The smallest absolute Gasteiger partial charge is 0.326 e. The summed E-state index contributed by atoms with van der Waals surface area (Å²) in [7, 11) is 3.85. The SMILES string of the molecule is CC(=O)C[N+](C)(C)CCNC(=O)COCCOCCNC(=O)COCCOCCNC(=O)CC[C@H](NC(C)=O)C(=O)O. The number of amides is 4. The van der Waals surface area contributed by atoms with E-state index in [1.54, 1.807) is 0 Å². The van der Waals surface area contributed by atoms with Crippen molar-refractivity contribution >= 4 is 35.4 Å². The Morgan fingerprint density at radius 1 is 0.690 bits per heavy atom. The highest BCUT2D eigenvalue weighted by molar-refractivity contribution is 5.83. The van der Waals surface area contributed by atoms with Gasteiger partial charge in [0.25, 0.3) is 0 Å². The van der Waals surface area contributed by atoms with Gasteiger partial charge in [-0.05, 0) is 6.42 Å². The number of likely N-dealkylation sites (N-methyl/N-ethyl adjacent to an activating group) is 1. The van der Waals surface area contributed by atoms with E-state index in [1.807, 2.05) is 14.1 Å². The summed E-state index contributed by atoms with van der Waals surface area (Å²) >= 11 is 0. The molecule has 0 saturated heterocycles. The Bertz CT molecular complexity index is 854. The maximum Gasteiger partial charge on any atom is 0.326 e. The number of carbonyl (C=O) groups is 6. The molecule has 0 aromatic heterocycles. The van der Waals surface area contributed by atoms with Gasteiger partial charge in [0.1, 0.15) is 25.8 Å². The first kappa shape index (κ1) is 38.8. The van der Waals surface area contributed by atoms with Crippen LogP contribution in [0.3, 0.4) is 0 Å². The molecule has 0 heterocycles. The molecule has 0 fully saturated rings. The summed E-state index contributed by atoms with van der Waals surface area (Å²) in [5.41, 5.74) is 0. The van der Waals surface area contributed by atoms with Crippen molar-refractivity contribution < 1.29 is 57.3 Å². The molecule has 0 saturated carbocycles. The third-order valence-electron chi connectivity index (χ3n) is 5.37. The summed E-state index contributed by atoms with van der Waals surface area (Å²) in [4.78, 5) is 68.5. The highest BCUT2D eigenvalue weighted by atomic mass is 16.5. The number of carboxylic acid groups (broad SMARTS) is 1. The van der Waals surface area contributed by atoms with Crippen molar-refractivity contribution in [2.75, 3.05) is 99.7 Å². The number of nitrogens with zero attached hydrogens (tertiary/aromatic N) is 1. The summed E-state index contributed by atoms with van der Waals surface area (Å²) < 4.78 is 21.6. The van der Waals surface area contributed by atoms with Gasteiger partial charge < -0.3 is 49.8 Å². The number of ether oxygens (including phenoxy) is 4. The fourth-order valence-corrected chi connectivity index (χ4v) is 3.44. The van der Waals surface area contributed by atoms with Crippen LogP contribution in [0, 0.1) is 0 Å². The Morgan fingerprint density at radius 3 is 1.64 bits per heavy atom. The average Bonchev–Trinajstić information content (AvgIpc) is 2.88. The Labute approximate surface area is 246 Å². The van der Waals surface area contributed by atoms with Crippen molar-refractivity contribution in [1.82, 2.24) is 21.3 Å². The molecule has 16 heteroatoms. The van der Waals surface area contributed by atoms with Crippen LogP contribution in [0.1, 0.15) is 26.7 Å². The summed E-state index contributed by atoms with van der Waals surface area (Å²) in [6.45, 7) is 5.84. The summed E-state index contributed by atoms with van der Waals surface area (Å²) in [6, 6.07) is -1.12. The molecular weight excluding hydrogens is 558 g/mol. The van der Waals surface area contributed by atoms with Gasteiger partial charge in [0.15, 0.2) is 5.78 Å². The molecule has 16 nitrogen and oxygen atoms in total. The maximum absolute atomic E-state index is 11.8. The van der Waals surface area contributed by atoms with Crippen molar-refractivity contribution in [3.63, 3.8) is 0 Å². The van der Waals surface area contributed by atoms with Crippen LogP contribution in [0.15, 0.2) is 0 Å². The lowest BCUT2D eigenvalue weighted by atomic mass is 10.1. The molecule has 0 aliphatic rings. The molecule has 242 valence electrons. The zero-order chi connectivity index (χ0) is 31.8. The quantitative estimate of drug-likeness (QED) is 0.0511. The number of ketones is 1. The first-order chi connectivity index (χ1) is 19.8.